The van der Waals surface area contributed by atoms with Crippen molar-refractivity contribution in [3.05, 3.63) is 35.4 Å². The van der Waals surface area contributed by atoms with Gasteiger partial charge in [-0.2, -0.15) is 0 Å². The third-order valence-electron chi connectivity index (χ3n) is 2.51. The van der Waals surface area contributed by atoms with Gasteiger partial charge in [0.25, 0.3) is 0 Å². The van der Waals surface area contributed by atoms with Gasteiger partial charge in [-0.15, -0.1) is 0 Å². The number of benzene rings is 1. The number of carboxylic acid groups (broad SMARTS) is 1. The molecule has 0 saturated heterocycles. The number of aliphatic carboxylic acids is 1. The molecule has 3 N–H and O–H groups in total. The highest BCUT2D eigenvalue weighted by molar-refractivity contribution is 7.89. The van der Waals surface area contributed by atoms with E-state index in [0.717, 1.165) is 11.1 Å². The van der Waals surface area contributed by atoms with E-state index in [1.165, 1.54) is 0 Å². The van der Waals surface area contributed by atoms with E-state index in [2.05, 4.69) is 4.72 Å². The first-order valence-corrected chi connectivity index (χ1v) is 7.46. The van der Waals surface area contributed by atoms with Crippen LogP contribution in [-0.4, -0.2) is 30.4 Å². The topological polar surface area (TPSA) is 104 Å². The SMILES string of the molecule is O=C(O)CCCS(=O)(=O)NCc1ccc(CO)cc1. The Morgan fingerprint density at radius 2 is 1.74 bits per heavy atom. The first-order valence-electron chi connectivity index (χ1n) is 5.81. The van der Waals surface area contributed by atoms with Crippen LogP contribution in [0.1, 0.15) is 24.0 Å². The lowest BCUT2D eigenvalue weighted by molar-refractivity contribution is -0.137. The minimum Gasteiger partial charge on any atom is -0.481 e. The second-order valence-corrected chi connectivity index (χ2v) is 6.04. The summed E-state index contributed by atoms with van der Waals surface area (Å²) in [6.07, 6.45) is -0.0692. The average Bonchev–Trinajstić information content (AvgIpc) is 2.36. The summed E-state index contributed by atoms with van der Waals surface area (Å²) in [4.78, 5) is 10.3. The second kappa shape index (κ2) is 7.22. The molecule has 0 aliphatic rings. The molecule has 0 saturated carbocycles. The van der Waals surface area contributed by atoms with Crippen LogP contribution in [-0.2, 0) is 28.0 Å². The van der Waals surface area contributed by atoms with E-state index in [0.29, 0.717) is 0 Å². The van der Waals surface area contributed by atoms with Gasteiger partial charge in [0.2, 0.25) is 10.0 Å². The van der Waals surface area contributed by atoms with Gasteiger partial charge in [0.05, 0.1) is 12.4 Å². The highest BCUT2D eigenvalue weighted by Gasteiger charge is 2.10. The van der Waals surface area contributed by atoms with Gasteiger partial charge in [-0.1, -0.05) is 24.3 Å². The zero-order valence-corrected chi connectivity index (χ0v) is 11.2. The normalized spacial score (nSPS) is 11.4. The van der Waals surface area contributed by atoms with Gasteiger partial charge in [-0.3, -0.25) is 4.79 Å². The number of hydrogen-bond donors (Lipinski definition) is 3. The van der Waals surface area contributed by atoms with Crippen LogP contribution in [0.3, 0.4) is 0 Å². The van der Waals surface area contributed by atoms with E-state index in [4.69, 9.17) is 10.2 Å². The Morgan fingerprint density at radius 1 is 1.16 bits per heavy atom. The van der Waals surface area contributed by atoms with Gasteiger partial charge in [-0.25, -0.2) is 13.1 Å². The predicted octanol–water partition coefficient (Wildman–Crippen LogP) is 0.463. The summed E-state index contributed by atoms with van der Waals surface area (Å²) in [5, 5.41) is 17.3. The summed E-state index contributed by atoms with van der Waals surface area (Å²) in [7, 11) is -3.45. The second-order valence-electron chi connectivity index (χ2n) is 4.11. The molecule has 1 rings (SSSR count). The molecule has 0 fully saturated rings. The van der Waals surface area contributed by atoms with Gasteiger partial charge in [-0.05, 0) is 17.5 Å². The molecule has 0 bridgehead atoms. The van der Waals surface area contributed by atoms with Crippen LogP contribution in [0, 0.1) is 0 Å². The first kappa shape index (κ1) is 15.6. The molecule has 0 atom stereocenters. The molecule has 0 aliphatic carbocycles. The van der Waals surface area contributed by atoms with Crippen molar-refractivity contribution in [2.45, 2.75) is 26.0 Å². The zero-order chi connectivity index (χ0) is 14.3. The summed E-state index contributed by atoms with van der Waals surface area (Å²) in [5.74, 6) is -1.21. The van der Waals surface area contributed by atoms with Crippen LogP contribution in [0.15, 0.2) is 24.3 Å². The van der Waals surface area contributed by atoms with Gasteiger partial charge in [0, 0.05) is 13.0 Å². The Morgan fingerprint density at radius 3 is 2.26 bits per heavy atom. The molecule has 0 unspecified atom stereocenters. The summed E-state index contributed by atoms with van der Waals surface area (Å²) in [5.41, 5.74) is 1.53. The molecule has 1 aromatic rings. The molecule has 106 valence electrons. The van der Waals surface area contributed by atoms with E-state index in [9.17, 15) is 13.2 Å². The third-order valence-corrected chi connectivity index (χ3v) is 3.92. The Bertz CT molecular complexity index is 509. The highest BCUT2D eigenvalue weighted by atomic mass is 32.2. The Kier molecular flexibility index (Phi) is 5.94. The molecular formula is C12H17NO5S. The lowest BCUT2D eigenvalue weighted by atomic mass is 10.1. The molecule has 1 aromatic carbocycles. The van der Waals surface area contributed by atoms with Crippen LogP contribution >= 0.6 is 0 Å². The molecule has 0 aliphatic heterocycles. The van der Waals surface area contributed by atoms with Gasteiger partial charge < -0.3 is 10.2 Å². The van der Waals surface area contributed by atoms with Crippen molar-refractivity contribution in [1.82, 2.24) is 4.72 Å². The minimum absolute atomic E-state index is 0.0544. The molecule has 0 aromatic heterocycles. The molecule has 0 radical (unpaired) electrons. The van der Waals surface area contributed by atoms with Crippen molar-refractivity contribution in [3.8, 4) is 0 Å². The lowest BCUT2D eigenvalue weighted by Gasteiger charge is -2.06. The van der Waals surface area contributed by atoms with Crippen molar-refractivity contribution < 1.29 is 23.4 Å². The van der Waals surface area contributed by atoms with Crippen LogP contribution in [0.5, 0.6) is 0 Å². The van der Waals surface area contributed by atoms with Crippen LogP contribution < -0.4 is 4.72 Å². The molecule has 0 spiro atoms. The van der Waals surface area contributed by atoms with E-state index in [-0.39, 0.29) is 31.7 Å². The van der Waals surface area contributed by atoms with Crippen LogP contribution in [0.4, 0.5) is 0 Å². The third kappa shape index (κ3) is 6.32. The number of rotatable bonds is 8. The number of aliphatic hydroxyl groups excluding tert-OH is 1. The molecule has 7 heteroatoms. The van der Waals surface area contributed by atoms with Crippen molar-refractivity contribution in [2.24, 2.45) is 0 Å². The molecular weight excluding hydrogens is 270 g/mol. The predicted molar refractivity (Wildman–Crippen MR) is 69.9 cm³/mol. The standard InChI is InChI=1S/C12H17NO5S/c14-9-11-5-3-10(4-6-11)8-13-19(17,18)7-1-2-12(15)16/h3-6,13-14H,1-2,7-9H2,(H,15,16). The van der Waals surface area contributed by atoms with E-state index in [1.54, 1.807) is 24.3 Å². The number of nitrogens with one attached hydrogen (secondary N) is 1. The summed E-state index contributed by atoms with van der Waals surface area (Å²) in [6, 6.07) is 6.89. The van der Waals surface area contributed by atoms with Gasteiger partial charge in [0.15, 0.2) is 0 Å². The van der Waals surface area contributed by atoms with Crippen molar-refractivity contribution in [1.29, 1.82) is 0 Å². The number of carboxylic acids is 1. The van der Waals surface area contributed by atoms with Gasteiger partial charge >= 0.3 is 5.97 Å². The van der Waals surface area contributed by atoms with Crippen molar-refractivity contribution in [3.63, 3.8) is 0 Å². The van der Waals surface area contributed by atoms with E-state index < -0.39 is 16.0 Å². The van der Waals surface area contributed by atoms with E-state index >= 15 is 0 Å². The minimum atomic E-state index is -3.45. The Hall–Kier alpha value is -1.44. The maximum Gasteiger partial charge on any atom is 0.303 e. The lowest BCUT2D eigenvalue weighted by Crippen LogP contribution is -2.26. The smallest absolute Gasteiger partial charge is 0.303 e. The van der Waals surface area contributed by atoms with Gasteiger partial charge in [0.1, 0.15) is 0 Å². The number of sulfonamides is 1. The highest BCUT2D eigenvalue weighted by Crippen LogP contribution is 2.05. The molecule has 19 heavy (non-hydrogen) atoms. The van der Waals surface area contributed by atoms with Crippen LogP contribution in [0.25, 0.3) is 0 Å². The maximum atomic E-state index is 11.6. The first-order chi connectivity index (χ1) is 8.93. The molecule has 0 heterocycles. The fourth-order valence-corrected chi connectivity index (χ4v) is 2.50. The Balaban J connectivity index is 2.43. The van der Waals surface area contributed by atoms with Crippen molar-refractivity contribution in [2.75, 3.05) is 5.75 Å². The number of aliphatic hydroxyl groups is 1. The quantitative estimate of drug-likeness (QED) is 0.644. The van der Waals surface area contributed by atoms with E-state index in [1.807, 2.05) is 0 Å². The monoisotopic (exact) mass is 287 g/mol. The largest absolute Gasteiger partial charge is 0.481 e. The van der Waals surface area contributed by atoms with Crippen molar-refractivity contribution >= 4 is 16.0 Å². The zero-order valence-electron chi connectivity index (χ0n) is 10.4. The summed E-state index contributed by atoms with van der Waals surface area (Å²) < 4.78 is 25.5. The molecule has 6 nitrogen and oxygen atoms in total. The summed E-state index contributed by atoms with van der Waals surface area (Å²) >= 11 is 0. The summed E-state index contributed by atoms with van der Waals surface area (Å²) in [6.45, 7) is 0.0995. The number of hydrogen-bond acceptors (Lipinski definition) is 4. The number of carbonyl (C=O) groups is 1. The maximum absolute atomic E-state index is 11.6. The molecule has 0 amide bonds. The fourth-order valence-electron chi connectivity index (χ4n) is 1.44. The fraction of sp³-hybridized carbons (Fsp3) is 0.417. The van der Waals surface area contributed by atoms with Crippen LogP contribution in [0.2, 0.25) is 0 Å². The Labute approximate surface area is 112 Å². The average molecular weight is 287 g/mol.